The smallest absolute Gasteiger partial charge is 0.333 e. The summed E-state index contributed by atoms with van der Waals surface area (Å²) in [5.41, 5.74) is 0.256. The quantitative estimate of drug-likeness (QED) is 0.229. The Balaban J connectivity index is 0. The van der Waals surface area contributed by atoms with Gasteiger partial charge in [0.15, 0.2) is 0 Å². The Morgan fingerprint density at radius 1 is 1.50 bits per heavy atom. The molecule has 0 fully saturated rings. The van der Waals surface area contributed by atoms with Gasteiger partial charge >= 0.3 is 5.97 Å². The molecule has 0 aromatic rings. The van der Waals surface area contributed by atoms with Crippen molar-refractivity contribution in [1.82, 2.24) is 0 Å². The number of esters is 1. The maximum Gasteiger partial charge on any atom is 0.333 e. The second-order valence-corrected chi connectivity index (χ2v) is 4.13. The van der Waals surface area contributed by atoms with Crippen molar-refractivity contribution >= 4 is 34.9 Å². The van der Waals surface area contributed by atoms with Crippen molar-refractivity contribution in [2.45, 2.75) is 13.3 Å². The molecule has 1 radical (unpaired) electrons. The van der Waals surface area contributed by atoms with Crippen molar-refractivity contribution in [2.75, 3.05) is 12.4 Å². The summed E-state index contributed by atoms with van der Waals surface area (Å²) in [5, 5.41) is 0. The molecule has 0 aliphatic heterocycles. The number of carbonyl (C=O) groups is 1. The molecule has 0 aromatic heterocycles. The van der Waals surface area contributed by atoms with Crippen LogP contribution in [0.3, 0.4) is 0 Å². The Morgan fingerprint density at radius 3 is 2.36 bits per heavy atom. The molecule has 0 saturated heterocycles. The van der Waals surface area contributed by atoms with Crippen LogP contribution in [-0.4, -0.2) is 50.2 Å². The van der Waals surface area contributed by atoms with E-state index >= 15 is 0 Å². The maximum absolute atomic E-state index is 10.7. The molecule has 0 rings (SSSR count). The first-order chi connectivity index (χ1) is 5.83. The Hall–Kier alpha value is -0.283. The van der Waals surface area contributed by atoms with E-state index in [4.69, 9.17) is 4.55 Å². The van der Waals surface area contributed by atoms with Crippen LogP contribution in [0.4, 0.5) is 0 Å². The van der Waals surface area contributed by atoms with Crippen molar-refractivity contribution in [1.29, 1.82) is 0 Å². The topological polar surface area (TPSA) is 80.7 Å². The van der Waals surface area contributed by atoms with Crippen LogP contribution in [0.25, 0.3) is 0 Å². The molecule has 0 unspecified atom stereocenters. The first kappa shape index (κ1) is 16.2. The fraction of sp³-hybridized carbons (Fsp3) is 0.571. The molecule has 1 N–H and O–H groups in total. The van der Waals surface area contributed by atoms with Crippen LogP contribution in [0.2, 0.25) is 0 Å². The molecular formula is C7H12LiO5S. The molecule has 14 heavy (non-hydrogen) atoms. The summed E-state index contributed by atoms with van der Waals surface area (Å²) >= 11 is 0. The molecule has 7 heteroatoms. The summed E-state index contributed by atoms with van der Waals surface area (Å²) in [6.45, 7) is 4.80. The van der Waals surface area contributed by atoms with E-state index in [2.05, 4.69) is 11.3 Å². The summed E-state index contributed by atoms with van der Waals surface area (Å²) in [6, 6.07) is 0. The first-order valence-corrected chi connectivity index (χ1v) is 5.21. The third-order valence-corrected chi connectivity index (χ3v) is 1.93. The Morgan fingerprint density at radius 2 is 2.00 bits per heavy atom. The fourth-order valence-electron chi connectivity index (χ4n) is 0.529. The summed E-state index contributed by atoms with van der Waals surface area (Å²) < 4.78 is 33.3. The molecule has 0 spiro atoms. The average Bonchev–Trinajstić information content (AvgIpc) is 1.95. The third-order valence-electron chi connectivity index (χ3n) is 1.13. The zero-order valence-corrected chi connectivity index (χ0v) is 9.13. The van der Waals surface area contributed by atoms with E-state index in [0.717, 1.165) is 0 Å². The summed E-state index contributed by atoms with van der Waals surface area (Å²) in [4.78, 5) is 10.7. The molecule has 0 saturated carbocycles. The minimum Gasteiger partial charge on any atom is -0.462 e. The van der Waals surface area contributed by atoms with Crippen LogP contribution >= 0.6 is 0 Å². The molecule has 0 bridgehead atoms. The van der Waals surface area contributed by atoms with Gasteiger partial charge in [0.25, 0.3) is 10.1 Å². The zero-order valence-electron chi connectivity index (χ0n) is 8.32. The van der Waals surface area contributed by atoms with Crippen LogP contribution in [0, 0.1) is 0 Å². The maximum atomic E-state index is 10.7. The summed E-state index contributed by atoms with van der Waals surface area (Å²) in [7, 11) is -3.96. The van der Waals surface area contributed by atoms with E-state index in [0.29, 0.717) is 0 Å². The predicted molar refractivity (Wildman–Crippen MR) is 52.6 cm³/mol. The Labute approximate surface area is 95.4 Å². The molecule has 77 valence electrons. The minimum atomic E-state index is -3.96. The van der Waals surface area contributed by atoms with Gasteiger partial charge < -0.3 is 4.74 Å². The minimum absolute atomic E-state index is 0. The van der Waals surface area contributed by atoms with Gasteiger partial charge in [-0.05, 0) is 13.3 Å². The Kier molecular flexibility index (Phi) is 8.16. The van der Waals surface area contributed by atoms with Crippen LogP contribution in [0.5, 0.6) is 0 Å². The SMILES string of the molecule is C=C(C)C(=O)OCCCS(=O)(=O)O.[Li]. The normalized spacial score (nSPS) is 10.1. The van der Waals surface area contributed by atoms with Crippen molar-refractivity contribution < 1.29 is 22.5 Å². The number of rotatable bonds is 5. The summed E-state index contributed by atoms with van der Waals surface area (Å²) in [6.07, 6.45) is 0.0812. The third kappa shape index (κ3) is 9.80. The summed E-state index contributed by atoms with van der Waals surface area (Å²) in [5.74, 6) is -0.966. The molecule has 0 atom stereocenters. The number of hydrogen-bond acceptors (Lipinski definition) is 4. The average molecular weight is 215 g/mol. The second-order valence-electron chi connectivity index (χ2n) is 2.56. The van der Waals surface area contributed by atoms with Crippen molar-refractivity contribution in [3.8, 4) is 0 Å². The van der Waals surface area contributed by atoms with Gasteiger partial charge in [0.05, 0.1) is 12.4 Å². The van der Waals surface area contributed by atoms with Gasteiger partial charge in [-0.3, -0.25) is 4.55 Å². The molecule has 5 nitrogen and oxygen atoms in total. The van der Waals surface area contributed by atoms with E-state index in [-0.39, 0.29) is 37.5 Å². The molecule has 0 aromatic carbocycles. The van der Waals surface area contributed by atoms with Gasteiger partial charge in [0.1, 0.15) is 0 Å². The van der Waals surface area contributed by atoms with Gasteiger partial charge in [-0.1, -0.05) is 6.58 Å². The van der Waals surface area contributed by atoms with Crippen LogP contribution in [0.1, 0.15) is 13.3 Å². The zero-order chi connectivity index (χ0) is 10.5. The molecule has 0 heterocycles. The standard InChI is InChI=1S/C7H12O5S.Li/c1-6(2)7(8)12-4-3-5-13(9,10)11;/h1,3-5H2,2H3,(H,9,10,11);. The van der Waals surface area contributed by atoms with Crippen LogP contribution < -0.4 is 0 Å². The largest absolute Gasteiger partial charge is 0.462 e. The second kappa shape index (κ2) is 7.07. The van der Waals surface area contributed by atoms with Gasteiger partial charge in [-0.2, -0.15) is 8.42 Å². The predicted octanol–water partition coefficient (Wildman–Crippen LogP) is 0.00280. The number of carbonyl (C=O) groups excluding carboxylic acids is 1. The van der Waals surface area contributed by atoms with Crippen molar-refractivity contribution in [3.63, 3.8) is 0 Å². The van der Waals surface area contributed by atoms with Gasteiger partial charge in [-0.25, -0.2) is 4.79 Å². The van der Waals surface area contributed by atoms with Crippen molar-refractivity contribution in [2.24, 2.45) is 0 Å². The van der Waals surface area contributed by atoms with Gasteiger partial charge in [-0.15, -0.1) is 0 Å². The monoisotopic (exact) mass is 215 g/mol. The van der Waals surface area contributed by atoms with E-state index in [1.54, 1.807) is 0 Å². The van der Waals surface area contributed by atoms with E-state index in [9.17, 15) is 13.2 Å². The van der Waals surface area contributed by atoms with E-state index in [1.165, 1.54) is 6.92 Å². The van der Waals surface area contributed by atoms with Crippen LogP contribution in [0.15, 0.2) is 12.2 Å². The number of ether oxygens (including phenoxy) is 1. The molecular weight excluding hydrogens is 203 g/mol. The van der Waals surface area contributed by atoms with Gasteiger partial charge in [0, 0.05) is 24.4 Å². The van der Waals surface area contributed by atoms with Crippen LogP contribution in [-0.2, 0) is 19.6 Å². The van der Waals surface area contributed by atoms with E-state index < -0.39 is 21.8 Å². The van der Waals surface area contributed by atoms with E-state index in [1.807, 2.05) is 0 Å². The van der Waals surface area contributed by atoms with Gasteiger partial charge in [0.2, 0.25) is 0 Å². The molecule has 0 aliphatic rings. The Bertz CT molecular complexity index is 295. The molecule has 0 amide bonds. The number of hydrogen-bond donors (Lipinski definition) is 1. The fourth-order valence-corrected chi connectivity index (χ4v) is 1.01. The molecule has 0 aliphatic carbocycles. The van der Waals surface area contributed by atoms with Crippen molar-refractivity contribution in [3.05, 3.63) is 12.2 Å². The first-order valence-electron chi connectivity index (χ1n) is 3.61.